The number of nitrogens with zero attached hydrogens (tertiary/aromatic N) is 5. The van der Waals surface area contributed by atoms with E-state index in [1.54, 1.807) is 11.0 Å². The molecular formula is C12H20N6. The molecule has 0 spiro atoms. The van der Waals surface area contributed by atoms with Gasteiger partial charge in [-0.1, -0.05) is 0 Å². The van der Waals surface area contributed by atoms with E-state index in [-0.39, 0.29) is 0 Å². The largest absolute Gasteiger partial charge is 0.319 e. The molecule has 0 radical (unpaired) electrons. The zero-order valence-corrected chi connectivity index (χ0v) is 11.4. The molecule has 6 heteroatoms. The van der Waals surface area contributed by atoms with E-state index in [2.05, 4.69) is 34.3 Å². The molecule has 0 aliphatic rings. The monoisotopic (exact) mass is 248 g/mol. The Kier molecular flexibility index (Phi) is 3.76. The van der Waals surface area contributed by atoms with Crippen LogP contribution in [-0.4, -0.2) is 38.1 Å². The molecule has 1 N–H and O–H groups in total. The van der Waals surface area contributed by atoms with E-state index in [1.165, 1.54) is 11.3 Å². The fourth-order valence-electron chi connectivity index (χ4n) is 2.10. The van der Waals surface area contributed by atoms with Gasteiger partial charge in [0, 0.05) is 12.7 Å². The first-order valence-electron chi connectivity index (χ1n) is 6.13. The van der Waals surface area contributed by atoms with Crippen LogP contribution in [0.5, 0.6) is 0 Å². The van der Waals surface area contributed by atoms with Crippen molar-refractivity contribution in [3.63, 3.8) is 0 Å². The van der Waals surface area contributed by atoms with Gasteiger partial charge in [-0.3, -0.25) is 9.36 Å². The Hall–Kier alpha value is -1.69. The molecule has 0 fully saturated rings. The van der Waals surface area contributed by atoms with Crippen LogP contribution in [0.1, 0.15) is 22.8 Å². The van der Waals surface area contributed by atoms with E-state index in [0.717, 1.165) is 24.5 Å². The van der Waals surface area contributed by atoms with Crippen molar-refractivity contribution in [1.82, 2.24) is 29.9 Å². The highest BCUT2D eigenvalue weighted by molar-refractivity contribution is 5.25. The first kappa shape index (κ1) is 12.8. The van der Waals surface area contributed by atoms with Gasteiger partial charge in [0.2, 0.25) is 0 Å². The first-order valence-corrected chi connectivity index (χ1v) is 6.13. The lowest BCUT2D eigenvalue weighted by molar-refractivity contribution is 0.592. The highest BCUT2D eigenvalue weighted by Gasteiger charge is 2.12. The van der Waals surface area contributed by atoms with E-state index in [4.69, 9.17) is 0 Å². The van der Waals surface area contributed by atoms with Gasteiger partial charge in [-0.2, -0.15) is 10.2 Å². The van der Waals surface area contributed by atoms with Crippen LogP contribution in [0, 0.1) is 13.8 Å². The minimum absolute atomic E-state index is 0.669. The van der Waals surface area contributed by atoms with Crippen molar-refractivity contribution in [3.05, 3.63) is 29.1 Å². The summed E-state index contributed by atoms with van der Waals surface area (Å²) in [6, 6.07) is 0. The number of nitrogens with one attached hydrogen (secondary N) is 1. The number of aryl methyl sites for hydroxylation is 2. The molecular weight excluding hydrogens is 228 g/mol. The van der Waals surface area contributed by atoms with Crippen molar-refractivity contribution in [2.75, 3.05) is 13.6 Å². The van der Waals surface area contributed by atoms with Gasteiger partial charge in [0.1, 0.15) is 18.7 Å². The second-order valence-corrected chi connectivity index (χ2v) is 4.46. The number of aromatic nitrogens is 5. The van der Waals surface area contributed by atoms with Crippen molar-refractivity contribution in [1.29, 1.82) is 0 Å². The summed E-state index contributed by atoms with van der Waals surface area (Å²) in [6.45, 7) is 5.81. The Balaban J connectivity index is 2.22. The molecule has 0 aliphatic carbocycles. The van der Waals surface area contributed by atoms with Gasteiger partial charge in [0.15, 0.2) is 0 Å². The zero-order chi connectivity index (χ0) is 13.1. The molecule has 0 saturated carbocycles. The van der Waals surface area contributed by atoms with Gasteiger partial charge in [0.25, 0.3) is 0 Å². The van der Waals surface area contributed by atoms with E-state index in [1.807, 2.05) is 18.8 Å². The molecule has 2 heterocycles. The maximum atomic E-state index is 4.59. The molecule has 0 aromatic carbocycles. The molecule has 18 heavy (non-hydrogen) atoms. The summed E-state index contributed by atoms with van der Waals surface area (Å²) in [5.41, 5.74) is 3.64. The minimum atomic E-state index is 0.669. The van der Waals surface area contributed by atoms with Gasteiger partial charge in [-0.25, -0.2) is 4.98 Å². The van der Waals surface area contributed by atoms with Crippen LogP contribution < -0.4 is 5.32 Å². The smallest absolute Gasteiger partial charge is 0.148 e. The summed E-state index contributed by atoms with van der Waals surface area (Å²) in [5.74, 6) is 0.917. The molecule has 0 unspecified atom stereocenters. The molecule has 0 saturated heterocycles. The third-order valence-electron chi connectivity index (χ3n) is 3.25. The average Bonchev–Trinajstić information content (AvgIpc) is 2.84. The van der Waals surface area contributed by atoms with Crippen LogP contribution >= 0.6 is 0 Å². The third kappa shape index (κ3) is 2.43. The topological polar surface area (TPSA) is 60.6 Å². The van der Waals surface area contributed by atoms with Crippen LogP contribution in [0.25, 0.3) is 0 Å². The van der Waals surface area contributed by atoms with Crippen molar-refractivity contribution < 1.29 is 0 Å². The molecule has 0 atom stereocenters. The van der Waals surface area contributed by atoms with Crippen LogP contribution in [0.3, 0.4) is 0 Å². The fourth-order valence-corrected chi connectivity index (χ4v) is 2.10. The molecule has 0 aliphatic heterocycles. The van der Waals surface area contributed by atoms with Crippen molar-refractivity contribution in [2.45, 2.75) is 26.8 Å². The first-order chi connectivity index (χ1) is 8.63. The van der Waals surface area contributed by atoms with Gasteiger partial charge in [0.05, 0.1) is 5.69 Å². The molecule has 0 bridgehead atoms. The second kappa shape index (κ2) is 5.30. The lowest BCUT2D eigenvalue weighted by atomic mass is 10.1. The van der Waals surface area contributed by atoms with E-state index < -0.39 is 0 Å². The summed E-state index contributed by atoms with van der Waals surface area (Å²) in [5, 5.41) is 11.8. The van der Waals surface area contributed by atoms with Crippen LogP contribution in [0.4, 0.5) is 0 Å². The summed E-state index contributed by atoms with van der Waals surface area (Å²) >= 11 is 0. The number of hydrogen-bond acceptors (Lipinski definition) is 4. The molecule has 98 valence electrons. The Labute approximate surface area is 107 Å². The lowest BCUT2D eigenvalue weighted by Crippen LogP contribution is -2.12. The van der Waals surface area contributed by atoms with Gasteiger partial charge >= 0.3 is 0 Å². The maximum absolute atomic E-state index is 4.59. The minimum Gasteiger partial charge on any atom is -0.319 e. The molecule has 0 amide bonds. The van der Waals surface area contributed by atoms with E-state index in [9.17, 15) is 0 Å². The summed E-state index contributed by atoms with van der Waals surface area (Å²) in [6.07, 6.45) is 2.58. The van der Waals surface area contributed by atoms with Crippen LogP contribution in [0.2, 0.25) is 0 Å². The Bertz CT molecular complexity index is 525. The third-order valence-corrected chi connectivity index (χ3v) is 3.25. The van der Waals surface area contributed by atoms with Crippen LogP contribution in [0.15, 0.2) is 6.33 Å². The van der Waals surface area contributed by atoms with Gasteiger partial charge in [-0.15, -0.1) is 0 Å². The van der Waals surface area contributed by atoms with Crippen LogP contribution in [-0.2, 0) is 20.0 Å². The SMILES string of the molecule is CNCCc1c(C)nn(Cc2ncnn2C)c1C. The predicted molar refractivity (Wildman–Crippen MR) is 69.4 cm³/mol. The standard InChI is InChI=1S/C12H20N6/c1-9-11(5-6-13-3)10(2)18(16-9)7-12-14-8-15-17(12)4/h8,13H,5-7H2,1-4H3. The van der Waals surface area contributed by atoms with E-state index in [0.29, 0.717) is 6.54 Å². The Morgan fingerprint density at radius 1 is 1.33 bits per heavy atom. The zero-order valence-electron chi connectivity index (χ0n) is 11.4. The van der Waals surface area contributed by atoms with Gasteiger partial charge in [-0.05, 0) is 39.4 Å². The number of likely N-dealkylation sites (N-methyl/N-ethyl adjacent to an activating group) is 1. The second-order valence-electron chi connectivity index (χ2n) is 4.46. The van der Waals surface area contributed by atoms with E-state index >= 15 is 0 Å². The van der Waals surface area contributed by atoms with Crippen molar-refractivity contribution in [2.24, 2.45) is 7.05 Å². The highest BCUT2D eigenvalue weighted by Crippen LogP contribution is 2.14. The molecule has 2 aromatic heterocycles. The Morgan fingerprint density at radius 2 is 2.11 bits per heavy atom. The predicted octanol–water partition coefficient (Wildman–Crippen LogP) is 0.439. The summed E-state index contributed by atoms with van der Waals surface area (Å²) < 4.78 is 3.79. The normalized spacial score (nSPS) is 11.1. The van der Waals surface area contributed by atoms with Gasteiger partial charge < -0.3 is 5.32 Å². The van der Waals surface area contributed by atoms with Crippen molar-refractivity contribution in [3.8, 4) is 0 Å². The quantitative estimate of drug-likeness (QED) is 0.834. The summed E-state index contributed by atoms with van der Waals surface area (Å²) in [4.78, 5) is 4.23. The molecule has 2 aromatic rings. The number of hydrogen-bond donors (Lipinski definition) is 1. The Morgan fingerprint density at radius 3 is 2.72 bits per heavy atom. The number of rotatable bonds is 5. The highest BCUT2D eigenvalue weighted by atomic mass is 15.4. The van der Waals surface area contributed by atoms with Crippen molar-refractivity contribution >= 4 is 0 Å². The average molecular weight is 248 g/mol. The lowest BCUT2D eigenvalue weighted by Gasteiger charge is -2.05. The fraction of sp³-hybridized carbons (Fsp3) is 0.583. The molecule has 6 nitrogen and oxygen atoms in total. The molecule has 2 rings (SSSR count). The summed E-state index contributed by atoms with van der Waals surface area (Å²) in [7, 11) is 3.87. The maximum Gasteiger partial charge on any atom is 0.148 e.